The molecule has 0 atom stereocenters. The van der Waals surface area contributed by atoms with Gasteiger partial charge in [-0.1, -0.05) is 0 Å². The number of carbonyl (C=O) groups is 1. The molecule has 3 heteroatoms. The number of hydrogen-bond donors (Lipinski definition) is 1. The molecule has 0 aliphatic rings. The van der Waals surface area contributed by atoms with Gasteiger partial charge in [0.1, 0.15) is 5.75 Å². The smallest absolute Gasteiger partial charge is 0.153 e. The van der Waals surface area contributed by atoms with Gasteiger partial charge in [0.15, 0.2) is 6.29 Å². The zero-order valence-electron chi connectivity index (χ0n) is 7.91. The van der Waals surface area contributed by atoms with E-state index in [9.17, 15) is 4.79 Å². The van der Waals surface area contributed by atoms with Crippen molar-refractivity contribution in [1.29, 1.82) is 0 Å². The van der Waals surface area contributed by atoms with Crippen LogP contribution < -0.4 is 4.74 Å². The average Bonchev–Trinajstić information content (AvgIpc) is 2.64. The topological polar surface area (TPSA) is 42.1 Å². The van der Waals surface area contributed by atoms with E-state index in [2.05, 4.69) is 4.98 Å². The highest BCUT2D eigenvalue weighted by atomic mass is 16.5. The van der Waals surface area contributed by atoms with Crippen LogP contribution in [0.2, 0.25) is 0 Å². The molecule has 0 unspecified atom stereocenters. The van der Waals surface area contributed by atoms with Crippen molar-refractivity contribution in [1.82, 2.24) is 4.98 Å². The Bertz CT molecular complexity index is 459. The number of carbonyl (C=O) groups excluding carboxylic acids is 1. The summed E-state index contributed by atoms with van der Waals surface area (Å²) >= 11 is 0. The van der Waals surface area contributed by atoms with Crippen LogP contribution in [0.3, 0.4) is 0 Å². The van der Waals surface area contributed by atoms with Crippen LogP contribution in [0.15, 0.2) is 24.4 Å². The molecule has 0 spiro atoms. The molecule has 0 radical (unpaired) electrons. The van der Waals surface area contributed by atoms with Crippen molar-refractivity contribution in [2.75, 3.05) is 6.61 Å². The van der Waals surface area contributed by atoms with Gasteiger partial charge in [-0.2, -0.15) is 0 Å². The zero-order chi connectivity index (χ0) is 9.97. The molecule has 0 saturated carbocycles. The van der Waals surface area contributed by atoms with Gasteiger partial charge in [-0.05, 0) is 19.1 Å². The minimum atomic E-state index is 0.563. The second-order valence-electron chi connectivity index (χ2n) is 3.01. The van der Waals surface area contributed by atoms with E-state index in [1.54, 1.807) is 0 Å². The number of H-pyrrole nitrogens is 1. The number of ether oxygens (including phenoxy) is 1. The predicted molar refractivity (Wildman–Crippen MR) is 54.9 cm³/mol. The number of aromatic amines is 1. The molecule has 72 valence electrons. The summed E-state index contributed by atoms with van der Waals surface area (Å²) in [5.74, 6) is 0.637. The number of fused-ring (bicyclic) bond motifs is 1. The lowest BCUT2D eigenvalue weighted by molar-refractivity contribution is 0.112. The second kappa shape index (κ2) is 3.54. The molecule has 2 aromatic rings. The van der Waals surface area contributed by atoms with Gasteiger partial charge >= 0.3 is 0 Å². The summed E-state index contributed by atoms with van der Waals surface area (Å²) in [7, 11) is 0. The van der Waals surface area contributed by atoms with Crippen molar-refractivity contribution < 1.29 is 9.53 Å². The Morgan fingerprint density at radius 2 is 2.36 bits per heavy atom. The molecular formula is C11H11NO2. The van der Waals surface area contributed by atoms with Gasteiger partial charge in [0.2, 0.25) is 0 Å². The molecule has 3 nitrogen and oxygen atoms in total. The van der Waals surface area contributed by atoms with Gasteiger partial charge in [0.05, 0.1) is 12.2 Å². The average molecular weight is 189 g/mol. The van der Waals surface area contributed by atoms with Gasteiger partial charge < -0.3 is 9.72 Å². The number of nitrogens with one attached hydrogen (secondary N) is 1. The predicted octanol–water partition coefficient (Wildman–Crippen LogP) is 2.38. The van der Waals surface area contributed by atoms with Crippen molar-refractivity contribution in [2.45, 2.75) is 6.92 Å². The lowest BCUT2D eigenvalue weighted by Crippen LogP contribution is -1.95. The number of rotatable bonds is 3. The Morgan fingerprint density at radius 1 is 1.50 bits per heavy atom. The fourth-order valence-corrected chi connectivity index (χ4v) is 1.47. The fourth-order valence-electron chi connectivity index (χ4n) is 1.47. The molecule has 1 N–H and O–H groups in total. The summed E-state index contributed by atoms with van der Waals surface area (Å²) in [6.07, 6.45) is 2.66. The third-order valence-corrected chi connectivity index (χ3v) is 2.11. The van der Waals surface area contributed by atoms with Gasteiger partial charge in [-0.25, -0.2) is 0 Å². The lowest BCUT2D eigenvalue weighted by atomic mass is 10.1. The van der Waals surface area contributed by atoms with E-state index in [1.807, 2.05) is 31.3 Å². The van der Waals surface area contributed by atoms with Crippen LogP contribution in [0.1, 0.15) is 17.3 Å². The Balaban J connectivity index is 2.60. The monoisotopic (exact) mass is 189 g/mol. The third-order valence-electron chi connectivity index (χ3n) is 2.11. The first kappa shape index (κ1) is 8.81. The Kier molecular flexibility index (Phi) is 2.23. The Morgan fingerprint density at radius 3 is 3.07 bits per heavy atom. The Labute approximate surface area is 81.7 Å². The third kappa shape index (κ3) is 1.37. The highest BCUT2D eigenvalue weighted by Crippen LogP contribution is 2.23. The molecule has 1 heterocycles. The molecular weight excluding hydrogens is 178 g/mol. The summed E-state index contributed by atoms with van der Waals surface area (Å²) < 4.78 is 5.35. The Hall–Kier alpha value is -1.77. The van der Waals surface area contributed by atoms with Crippen LogP contribution in [0.25, 0.3) is 10.9 Å². The molecule has 0 aliphatic carbocycles. The van der Waals surface area contributed by atoms with E-state index in [-0.39, 0.29) is 0 Å². The number of benzene rings is 1. The summed E-state index contributed by atoms with van der Waals surface area (Å²) in [5.41, 5.74) is 1.58. The zero-order valence-corrected chi connectivity index (χ0v) is 7.91. The van der Waals surface area contributed by atoms with E-state index in [0.717, 1.165) is 17.2 Å². The van der Waals surface area contributed by atoms with Gasteiger partial charge in [-0.3, -0.25) is 4.79 Å². The summed E-state index contributed by atoms with van der Waals surface area (Å²) in [4.78, 5) is 13.9. The summed E-state index contributed by atoms with van der Waals surface area (Å²) in [6, 6.07) is 5.60. The first-order valence-corrected chi connectivity index (χ1v) is 4.54. The highest BCUT2D eigenvalue weighted by molar-refractivity contribution is 5.90. The maximum absolute atomic E-state index is 10.8. The van der Waals surface area contributed by atoms with Crippen LogP contribution in [0.5, 0.6) is 5.75 Å². The highest BCUT2D eigenvalue weighted by Gasteiger charge is 2.05. The second-order valence-corrected chi connectivity index (χ2v) is 3.01. The molecule has 0 amide bonds. The van der Waals surface area contributed by atoms with E-state index in [1.165, 1.54) is 0 Å². The SMILES string of the molecule is CCOc1cc2[nH]ccc2cc1C=O. The molecule has 1 aromatic heterocycles. The number of aldehydes is 1. The van der Waals surface area contributed by atoms with Crippen molar-refractivity contribution in [3.05, 3.63) is 30.0 Å². The van der Waals surface area contributed by atoms with Crippen molar-refractivity contribution in [3.8, 4) is 5.75 Å². The first-order chi connectivity index (χ1) is 6.85. The molecule has 2 rings (SSSR count). The maximum atomic E-state index is 10.8. The number of hydrogen-bond acceptors (Lipinski definition) is 2. The van der Waals surface area contributed by atoms with Crippen LogP contribution in [0.4, 0.5) is 0 Å². The largest absolute Gasteiger partial charge is 0.493 e. The van der Waals surface area contributed by atoms with E-state index in [4.69, 9.17) is 4.74 Å². The normalized spacial score (nSPS) is 10.4. The molecule has 1 aromatic carbocycles. The summed E-state index contributed by atoms with van der Waals surface area (Å²) in [6.45, 7) is 2.46. The van der Waals surface area contributed by atoms with Crippen LogP contribution in [0, 0.1) is 0 Å². The van der Waals surface area contributed by atoms with Gasteiger partial charge in [0, 0.05) is 23.2 Å². The van der Waals surface area contributed by atoms with E-state index >= 15 is 0 Å². The van der Waals surface area contributed by atoms with Crippen LogP contribution >= 0.6 is 0 Å². The molecule has 0 bridgehead atoms. The minimum absolute atomic E-state index is 0.563. The van der Waals surface area contributed by atoms with E-state index in [0.29, 0.717) is 17.9 Å². The maximum Gasteiger partial charge on any atom is 0.153 e. The molecule has 0 fully saturated rings. The molecule has 14 heavy (non-hydrogen) atoms. The molecule has 0 aliphatic heterocycles. The van der Waals surface area contributed by atoms with Crippen LogP contribution in [-0.2, 0) is 0 Å². The van der Waals surface area contributed by atoms with Crippen LogP contribution in [-0.4, -0.2) is 17.9 Å². The van der Waals surface area contributed by atoms with Crippen molar-refractivity contribution in [3.63, 3.8) is 0 Å². The van der Waals surface area contributed by atoms with E-state index < -0.39 is 0 Å². The quantitative estimate of drug-likeness (QED) is 0.753. The van der Waals surface area contributed by atoms with Gasteiger partial charge in [-0.15, -0.1) is 0 Å². The number of aromatic nitrogens is 1. The fraction of sp³-hybridized carbons (Fsp3) is 0.182. The standard InChI is InChI=1S/C11H11NO2/c1-2-14-11-6-10-8(3-4-12-10)5-9(11)7-13/h3-7,12H,2H2,1H3. The molecule has 0 saturated heterocycles. The lowest BCUT2D eigenvalue weighted by Gasteiger charge is -2.05. The minimum Gasteiger partial charge on any atom is -0.493 e. The van der Waals surface area contributed by atoms with Gasteiger partial charge in [0.25, 0.3) is 0 Å². The summed E-state index contributed by atoms with van der Waals surface area (Å²) in [5, 5.41) is 1.02. The van der Waals surface area contributed by atoms with Crippen molar-refractivity contribution >= 4 is 17.2 Å². The first-order valence-electron chi connectivity index (χ1n) is 4.54. The van der Waals surface area contributed by atoms with Crippen molar-refractivity contribution in [2.24, 2.45) is 0 Å².